The lowest BCUT2D eigenvalue weighted by molar-refractivity contribution is -0.122. The van der Waals surface area contributed by atoms with Gasteiger partial charge in [-0.15, -0.1) is 24.0 Å². The molecule has 0 saturated carbocycles. The van der Waals surface area contributed by atoms with Gasteiger partial charge in [-0.25, -0.2) is 0 Å². The van der Waals surface area contributed by atoms with Crippen LogP contribution in [0.15, 0.2) is 17.1 Å². The first-order valence-electron chi connectivity index (χ1n) is 11.0. The molecule has 1 aromatic carbocycles. The molecule has 1 heterocycles. The molecule has 0 bridgehead atoms. The number of piperazine rings is 1. The SMILES string of the molecule is CCNC(=NCCc1c(C)cc(C)cc1C)N1CCN(CC(=O)NCCOC)CC1.I. The number of ether oxygens (including phenoxy) is 1. The van der Waals surface area contributed by atoms with E-state index in [1.165, 1.54) is 22.3 Å². The van der Waals surface area contributed by atoms with E-state index in [1.807, 2.05) is 0 Å². The molecular formula is C23H40IN5O2. The Labute approximate surface area is 205 Å². The number of methoxy groups -OCH3 is 1. The molecular weight excluding hydrogens is 505 g/mol. The summed E-state index contributed by atoms with van der Waals surface area (Å²) in [5.74, 6) is 1.04. The standard InChI is InChI=1S/C23H39N5O2.HI/c1-6-24-23(26-8-7-21-19(3)15-18(2)16-20(21)4)28-12-10-27(11-13-28)17-22(29)25-9-14-30-5;/h15-16H,6-14,17H2,1-5H3,(H,24,26)(H,25,29);1H. The second kappa shape index (κ2) is 14.6. The number of carbonyl (C=O) groups excluding carboxylic acids is 1. The molecule has 31 heavy (non-hydrogen) atoms. The molecule has 8 heteroatoms. The fraction of sp³-hybridized carbons (Fsp3) is 0.652. The number of nitrogens with one attached hydrogen (secondary N) is 2. The van der Waals surface area contributed by atoms with E-state index >= 15 is 0 Å². The Morgan fingerprint density at radius 1 is 1.10 bits per heavy atom. The number of carbonyl (C=O) groups is 1. The van der Waals surface area contributed by atoms with Crippen molar-refractivity contribution in [1.82, 2.24) is 20.4 Å². The van der Waals surface area contributed by atoms with Gasteiger partial charge in [-0.2, -0.15) is 0 Å². The Hall–Kier alpha value is -1.39. The van der Waals surface area contributed by atoms with Gasteiger partial charge in [0, 0.05) is 52.9 Å². The van der Waals surface area contributed by atoms with Crippen LogP contribution in [0.4, 0.5) is 0 Å². The third kappa shape index (κ3) is 9.33. The minimum atomic E-state index is 0. The van der Waals surface area contributed by atoms with E-state index in [9.17, 15) is 4.79 Å². The van der Waals surface area contributed by atoms with Gasteiger partial charge in [0.25, 0.3) is 0 Å². The van der Waals surface area contributed by atoms with Crippen LogP contribution in [0.25, 0.3) is 0 Å². The van der Waals surface area contributed by atoms with Crippen LogP contribution < -0.4 is 10.6 Å². The van der Waals surface area contributed by atoms with Crippen LogP contribution in [0.5, 0.6) is 0 Å². The number of aliphatic imine (C=N–C) groups is 1. The van der Waals surface area contributed by atoms with E-state index in [0.717, 1.165) is 51.6 Å². The van der Waals surface area contributed by atoms with Crippen molar-refractivity contribution >= 4 is 35.8 Å². The smallest absolute Gasteiger partial charge is 0.234 e. The second-order valence-electron chi connectivity index (χ2n) is 7.97. The molecule has 1 saturated heterocycles. The van der Waals surface area contributed by atoms with Gasteiger partial charge in [-0.1, -0.05) is 17.7 Å². The summed E-state index contributed by atoms with van der Waals surface area (Å²) in [4.78, 5) is 21.4. The Kier molecular flexibility index (Phi) is 13.0. The summed E-state index contributed by atoms with van der Waals surface area (Å²) in [6.45, 7) is 15.3. The average molecular weight is 546 g/mol. The predicted molar refractivity (Wildman–Crippen MR) is 139 cm³/mol. The van der Waals surface area contributed by atoms with Gasteiger partial charge in [-0.05, 0) is 50.8 Å². The monoisotopic (exact) mass is 545 g/mol. The summed E-state index contributed by atoms with van der Waals surface area (Å²) in [7, 11) is 1.64. The van der Waals surface area contributed by atoms with Crippen molar-refractivity contribution < 1.29 is 9.53 Å². The Balaban J connectivity index is 0.00000480. The van der Waals surface area contributed by atoms with Gasteiger partial charge >= 0.3 is 0 Å². The zero-order chi connectivity index (χ0) is 21.9. The van der Waals surface area contributed by atoms with Crippen molar-refractivity contribution in [2.24, 2.45) is 4.99 Å². The molecule has 0 aliphatic carbocycles. The first kappa shape index (κ1) is 27.6. The topological polar surface area (TPSA) is 69.2 Å². The molecule has 0 unspecified atom stereocenters. The number of nitrogens with zero attached hydrogens (tertiary/aromatic N) is 3. The van der Waals surface area contributed by atoms with Crippen LogP contribution in [0.2, 0.25) is 0 Å². The highest BCUT2D eigenvalue weighted by molar-refractivity contribution is 14.0. The number of rotatable bonds is 9. The number of guanidine groups is 1. The molecule has 1 aliphatic rings. The van der Waals surface area contributed by atoms with Crippen molar-refractivity contribution in [1.29, 1.82) is 0 Å². The molecule has 0 spiro atoms. The first-order chi connectivity index (χ1) is 14.4. The summed E-state index contributed by atoms with van der Waals surface area (Å²) in [5.41, 5.74) is 5.43. The molecule has 0 radical (unpaired) electrons. The van der Waals surface area contributed by atoms with E-state index in [-0.39, 0.29) is 29.9 Å². The van der Waals surface area contributed by atoms with Crippen LogP contribution in [0.3, 0.4) is 0 Å². The number of aryl methyl sites for hydroxylation is 3. The molecule has 0 atom stereocenters. The summed E-state index contributed by atoms with van der Waals surface area (Å²) in [5, 5.41) is 6.32. The van der Waals surface area contributed by atoms with Crippen LogP contribution in [0.1, 0.15) is 29.2 Å². The molecule has 176 valence electrons. The number of hydrogen-bond acceptors (Lipinski definition) is 4. The third-order valence-corrected chi connectivity index (χ3v) is 5.47. The fourth-order valence-electron chi connectivity index (χ4n) is 3.97. The van der Waals surface area contributed by atoms with E-state index in [0.29, 0.717) is 19.7 Å². The van der Waals surface area contributed by atoms with Crippen molar-refractivity contribution in [3.05, 3.63) is 34.4 Å². The first-order valence-corrected chi connectivity index (χ1v) is 11.0. The zero-order valence-corrected chi connectivity index (χ0v) is 22.1. The summed E-state index contributed by atoms with van der Waals surface area (Å²) >= 11 is 0. The highest BCUT2D eigenvalue weighted by Gasteiger charge is 2.21. The normalized spacial score (nSPS) is 14.9. The fourth-order valence-corrected chi connectivity index (χ4v) is 3.97. The molecule has 1 aromatic rings. The molecule has 7 nitrogen and oxygen atoms in total. The largest absolute Gasteiger partial charge is 0.383 e. The second-order valence-corrected chi connectivity index (χ2v) is 7.97. The quantitative estimate of drug-likeness (QED) is 0.216. The van der Waals surface area contributed by atoms with Gasteiger partial charge in [0.2, 0.25) is 5.91 Å². The van der Waals surface area contributed by atoms with E-state index < -0.39 is 0 Å². The lowest BCUT2D eigenvalue weighted by Gasteiger charge is -2.36. The van der Waals surface area contributed by atoms with Crippen molar-refractivity contribution in [2.45, 2.75) is 34.1 Å². The molecule has 1 fully saturated rings. The Morgan fingerprint density at radius 3 is 2.32 bits per heavy atom. The maximum atomic E-state index is 12.0. The Morgan fingerprint density at radius 2 is 1.74 bits per heavy atom. The van der Waals surface area contributed by atoms with Gasteiger partial charge < -0.3 is 20.3 Å². The maximum Gasteiger partial charge on any atom is 0.234 e. The van der Waals surface area contributed by atoms with Gasteiger partial charge in [-0.3, -0.25) is 14.7 Å². The minimum absolute atomic E-state index is 0. The van der Waals surface area contributed by atoms with Crippen molar-refractivity contribution in [2.75, 3.05) is 66.1 Å². The summed E-state index contributed by atoms with van der Waals surface area (Å²) in [6, 6.07) is 4.50. The number of hydrogen-bond donors (Lipinski definition) is 2. The predicted octanol–water partition coefficient (Wildman–Crippen LogP) is 2.12. The minimum Gasteiger partial charge on any atom is -0.383 e. The summed E-state index contributed by atoms with van der Waals surface area (Å²) in [6.07, 6.45) is 0.953. The van der Waals surface area contributed by atoms with Crippen LogP contribution in [-0.4, -0.2) is 87.7 Å². The van der Waals surface area contributed by atoms with Crippen molar-refractivity contribution in [3.63, 3.8) is 0 Å². The highest BCUT2D eigenvalue weighted by atomic mass is 127. The van der Waals surface area contributed by atoms with Crippen LogP contribution in [0, 0.1) is 20.8 Å². The number of halogens is 1. The number of benzene rings is 1. The van der Waals surface area contributed by atoms with Gasteiger partial charge in [0.15, 0.2) is 5.96 Å². The third-order valence-electron chi connectivity index (χ3n) is 5.47. The molecule has 2 N–H and O–H groups in total. The Bertz CT molecular complexity index is 695. The summed E-state index contributed by atoms with van der Waals surface area (Å²) < 4.78 is 4.97. The van der Waals surface area contributed by atoms with E-state index in [2.05, 4.69) is 60.3 Å². The van der Waals surface area contributed by atoms with Gasteiger partial charge in [0.05, 0.1) is 13.2 Å². The van der Waals surface area contributed by atoms with E-state index in [1.54, 1.807) is 7.11 Å². The number of amides is 1. The van der Waals surface area contributed by atoms with Crippen molar-refractivity contribution in [3.8, 4) is 0 Å². The maximum absolute atomic E-state index is 12.0. The van der Waals surface area contributed by atoms with Crippen LogP contribution in [-0.2, 0) is 16.0 Å². The molecule has 2 rings (SSSR count). The molecule has 1 aliphatic heterocycles. The van der Waals surface area contributed by atoms with E-state index in [4.69, 9.17) is 9.73 Å². The average Bonchev–Trinajstić information content (AvgIpc) is 2.70. The molecule has 1 amide bonds. The lowest BCUT2D eigenvalue weighted by atomic mass is 9.97. The molecule has 0 aromatic heterocycles. The lowest BCUT2D eigenvalue weighted by Crippen LogP contribution is -2.54. The van der Waals surface area contributed by atoms with Gasteiger partial charge in [0.1, 0.15) is 0 Å². The zero-order valence-electron chi connectivity index (χ0n) is 19.8. The highest BCUT2D eigenvalue weighted by Crippen LogP contribution is 2.17. The van der Waals surface area contributed by atoms with Crippen LogP contribution >= 0.6 is 24.0 Å².